The number of benzene rings is 4. The van der Waals surface area contributed by atoms with Gasteiger partial charge in [-0.1, -0.05) is 110 Å². The van der Waals surface area contributed by atoms with E-state index in [1.54, 1.807) is 0 Å². The Bertz CT molecular complexity index is 1060. The van der Waals surface area contributed by atoms with Crippen molar-refractivity contribution in [3.05, 3.63) is 102 Å². The number of halogens is 1. The van der Waals surface area contributed by atoms with Gasteiger partial charge in [-0.15, -0.1) is 0 Å². The van der Waals surface area contributed by atoms with Crippen molar-refractivity contribution in [2.45, 2.75) is 12.8 Å². The summed E-state index contributed by atoms with van der Waals surface area (Å²) in [7, 11) is 0. The fourth-order valence-corrected chi connectivity index (χ4v) is 3.64. The third-order valence-electron chi connectivity index (χ3n) is 4.74. The molecule has 0 saturated heterocycles. The van der Waals surface area contributed by atoms with E-state index < -0.39 is 0 Å². The summed E-state index contributed by atoms with van der Waals surface area (Å²) in [6.07, 6.45) is 2.12. The summed E-state index contributed by atoms with van der Waals surface area (Å²) < 4.78 is 0. The summed E-state index contributed by atoms with van der Waals surface area (Å²) in [5.41, 5.74) is 2.33. The molecular formula is C24H19Cl. The number of allylic oxidation sites excluding steroid dienone is 1. The quantitative estimate of drug-likeness (QED) is 0.341. The van der Waals surface area contributed by atoms with E-state index in [2.05, 4.69) is 67.6 Å². The zero-order chi connectivity index (χ0) is 17.2. The number of hydrogen-bond donors (Lipinski definition) is 0. The molecule has 0 aromatic heterocycles. The van der Waals surface area contributed by atoms with Crippen molar-refractivity contribution in [2.24, 2.45) is 0 Å². The van der Waals surface area contributed by atoms with Crippen molar-refractivity contribution in [1.29, 1.82) is 0 Å². The van der Waals surface area contributed by atoms with Crippen molar-refractivity contribution < 1.29 is 0 Å². The minimum atomic E-state index is 0.253. The molecule has 0 spiro atoms. The Kier molecular flexibility index (Phi) is 4.29. The molecule has 0 aliphatic carbocycles. The van der Waals surface area contributed by atoms with Crippen LogP contribution in [-0.4, -0.2) is 0 Å². The zero-order valence-electron chi connectivity index (χ0n) is 14.1. The minimum Gasteiger partial charge on any atom is -0.0840 e. The molecule has 0 saturated carbocycles. The van der Waals surface area contributed by atoms with E-state index in [1.807, 2.05) is 30.3 Å². The van der Waals surface area contributed by atoms with Crippen LogP contribution in [0.5, 0.6) is 0 Å². The van der Waals surface area contributed by atoms with Crippen LogP contribution in [0, 0.1) is 0 Å². The Labute approximate surface area is 153 Å². The fourth-order valence-electron chi connectivity index (χ4n) is 3.32. The van der Waals surface area contributed by atoms with Crippen LogP contribution in [0.4, 0.5) is 0 Å². The van der Waals surface area contributed by atoms with E-state index in [0.29, 0.717) is 0 Å². The van der Waals surface area contributed by atoms with Crippen molar-refractivity contribution in [2.75, 3.05) is 0 Å². The second-order valence-electron chi connectivity index (χ2n) is 6.44. The van der Waals surface area contributed by atoms with Gasteiger partial charge in [0.05, 0.1) is 0 Å². The van der Waals surface area contributed by atoms with Crippen LogP contribution >= 0.6 is 11.6 Å². The molecule has 1 unspecified atom stereocenters. The molecule has 4 rings (SSSR count). The largest absolute Gasteiger partial charge is 0.0840 e. The first-order chi connectivity index (χ1) is 12.2. The lowest BCUT2D eigenvalue weighted by Gasteiger charge is -2.11. The van der Waals surface area contributed by atoms with Gasteiger partial charge < -0.3 is 0 Å². The van der Waals surface area contributed by atoms with Crippen molar-refractivity contribution in [3.8, 4) is 0 Å². The van der Waals surface area contributed by atoms with Crippen molar-refractivity contribution in [3.63, 3.8) is 0 Å². The van der Waals surface area contributed by atoms with E-state index in [1.165, 1.54) is 27.1 Å². The Morgan fingerprint density at radius 3 is 2.28 bits per heavy atom. The van der Waals surface area contributed by atoms with Gasteiger partial charge in [0.25, 0.3) is 0 Å². The first-order valence-electron chi connectivity index (χ1n) is 8.56. The van der Waals surface area contributed by atoms with Gasteiger partial charge >= 0.3 is 0 Å². The van der Waals surface area contributed by atoms with Gasteiger partial charge in [0.15, 0.2) is 0 Å². The molecule has 0 N–H and O–H groups in total. The van der Waals surface area contributed by atoms with Crippen LogP contribution in [0.25, 0.3) is 26.6 Å². The first-order valence-corrected chi connectivity index (χ1v) is 8.94. The second-order valence-corrected chi connectivity index (χ2v) is 6.84. The molecule has 0 heterocycles. The van der Waals surface area contributed by atoms with E-state index >= 15 is 0 Å². The van der Waals surface area contributed by atoms with Crippen LogP contribution in [0.2, 0.25) is 0 Å². The zero-order valence-corrected chi connectivity index (χ0v) is 14.9. The van der Waals surface area contributed by atoms with Gasteiger partial charge in [0, 0.05) is 11.0 Å². The van der Waals surface area contributed by atoms with Crippen LogP contribution in [0.1, 0.15) is 24.0 Å². The molecule has 0 radical (unpaired) electrons. The molecule has 1 atom stereocenters. The fraction of sp³-hybridized carbons (Fsp3) is 0.0833. The normalized spacial score (nSPS) is 13.3. The smallest absolute Gasteiger partial charge is 0.0444 e. The molecule has 0 amide bonds. The SMILES string of the molecule is CC(/C=C(\Cl)c1ccccc1)c1ccc2c(ccc3ccccc32)c1. The van der Waals surface area contributed by atoms with Crippen LogP contribution in [-0.2, 0) is 0 Å². The Morgan fingerprint density at radius 2 is 1.44 bits per heavy atom. The van der Waals surface area contributed by atoms with Crippen LogP contribution < -0.4 is 0 Å². The number of hydrogen-bond acceptors (Lipinski definition) is 0. The lowest BCUT2D eigenvalue weighted by atomic mass is 9.94. The summed E-state index contributed by atoms with van der Waals surface area (Å²) in [5, 5.41) is 5.95. The Morgan fingerprint density at radius 1 is 0.760 bits per heavy atom. The van der Waals surface area contributed by atoms with Gasteiger partial charge in [0.1, 0.15) is 0 Å². The topological polar surface area (TPSA) is 0 Å². The highest BCUT2D eigenvalue weighted by molar-refractivity contribution is 6.48. The average molecular weight is 343 g/mol. The maximum Gasteiger partial charge on any atom is 0.0444 e. The van der Waals surface area contributed by atoms with Gasteiger partial charge in [-0.2, -0.15) is 0 Å². The highest BCUT2D eigenvalue weighted by atomic mass is 35.5. The van der Waals surface area contributed by atoms with Crippen molar-refractivity contribution in [1.82, 2.24) is 0 Å². The maximum absolute atomic E-state index is 6.51. The summed E-state index contributed by atoms with van der Waals surface area (Å²) in [6.45, 7) is 2.19. The highest BCUT2D eigenvalue weighted by Gasteiger charge is 2.07. The molecule has 25 heavy (non-hydrogen) atoms. The molecule has 4 aromatic carbocycles. The maximum atomic E-state index is 6.51. The molecule has 122 valence electrons. The number of rotatable bonds is 3. The first kappa shape index (κ1) is 15.9. The van der Waals surface area contributed by atoms with Gasteiger partial charge in [-0.05, 0) is 32.7 Å². The van der Waals surface area contributed by atoms with E-state index in [4.69, 9.17) is 11.6 Å². The van der Waals surface area contributed by atoms with Crippen LogP contribution in [0.3, 0.4) is 0 Å². The highest BCUT2D eigenvalue weighted by Crippen LogP contribution is 2.30. The molecule has 0 aliphatic rings. The second kappa shape index (κ2) is 6.74. The molecule has 0 aliphatic heterocycles. The van der Waals surface area contributed by atoms with Gasteiger partial charge in [-0.25, -0.2) is 0 Å². The predicted octanol–water partition coefficient (Wildman–Crippen LogP) is 7.38. The van der Waals surface area contributed by atoms with E-state index in [-0.39, 0.29) is 5.92 Å². The van der Waals surface area contributed by atoms with E-state index in [9.17, 15) is 0 Å². The predicted molar refractivity (Wildman–Crippen MR) is 110 cm³/mol. The van der Waals surface area contributed by atoms with Crippen molar-refractivity contribution >= 4 is 38.2 Å². The summed E-state index contributed by atoms with van der Waals surface area (Å²) >= 11 is 6.51. The minimum absolute atomic E-state index is 0.253. The Balaban J connectivity index is 1.73. The summed E-state index contributed by atoms with van der Waals surface area (Å²) in [5.74, 6) is 0.253. The average Bonchev–Trinajstić information content (AvgIpc) is 2.68. The molecule has 0 nitrogen and oxygen atoms in total. The lowest BCUT2D eigenvalue weighted by Crippen LogP contribution is -1.91. The summed E-state index contributed by atoms with van der Waals surface area (Å²) in [4.78, 5) is 0. The molecule has 4 aromatic rings. The third kappa shape index (κ3) is 3.18. The van der Waals surface area contributed by atoms with Gasteiger partial charge in [0.2, 0.25) is 0 Å². The standard InChI is InChI=1S/C24H19Cl/c1-17(15-24(25)19-8-3-2-4-9-19)20-13-14-23-21(16-20)12-11-18-7-5-6-10-22(18)23/h2-17H,1H3/b24-15-. The Hall–Kier alpha value is -2.57. The molecular weight excluding hydrogens is 324 g/mol. The number of fused-ring (bicyclic) bond motifs is 3. The van der Waals surface area contributed by atoms with Gasteiger partial charge in [-0.3, -0.25) is 0 Å². The lowest BCUT2D eigenvalue weighted by molar-refractivity contribution is 0.975. The monoisotopic (exact) mass is 342 g/mol. The van der Waals surface area contributed by atoms with E-state index in [0.717, 1.165) is 10.6 Å². The summed E-state index contributed by atoms with van der Waals surface area (Å²) in [6, 6.07) is 29.8. The molecule has 1 heteroatoms. The molecule has 0 bridgehead atoms. The molecule has 0 fully saturated rings. The third-order valence-corrected chi connectivity index (χ3v) is 5.08. The van der Waals surface area contributed by atoms with Crippen LogP contribution in [0.15, 0.2) is 91.0 Å².